The first-order valence-corrected chi connectivity index (χ1v) is 4.84. The number of nitrogens with one attached hydrogen (secondary N) is 1. The Bertz CT molecular complexity index is 474. The molecular formula is C10H13N5O. The van der Waals surface area contributed by atoms with Crippen molar-refractivity contribution in [2.45, 2.75) is 6.92 Å². The van der Waals surface area contributed by atoms with Crippen LogP contribution in [0.2, 0.25) is 0 Å². The molecule has 2 heterocycles. The summed E-state index contributed by atoms with van der Waals surface area (Å²) in [5.41, 5.74) is 1.06. The van der Waals surface area contributed by atoms with Gasteiger partial charge >= 0.3 is 0 Å². The van der Waals surface area contributed by atoms with Crippen LogP contribution < -0.4 is 10.1 Å². The zero-order chi connectivity index (χ0) is 11.5. The van der Waals surface area contributed by atoms with Gasteiger partial charge < -0.3 is 10.1 Å². The van der Waals surface area contributed by atoms with E-state index in [-0.39, 0.29) is 0 Å². The van der Waals surface area contributed by atoms with Crippen LogP contribution in [0.5, 0.6) is 5.88 Å². The zero-order valence-electron chi connectivity index (χ0n) is 9.43. The van der Waals surface area contributed by atoms with Crippen molar-refractivity contribution in [3.8, 4) is 5.88 Å². The van der Waals surface area contributed by atoms with Crippen LogP contribution >= 0.6 is 0 Å². The summed E-state index contributed by atoms with van der Waals surface area (Å²) in [7, 11) is 3.45. The van der Waals surface area contributed by atoms with E-state index in [0.717, 1.165) is 5.69 Å². The van der Waals surface area contributed by atoms with Gasteiger partial charge in [0.1, 0.15) is 0 Å². The molecule has 0 atom stereocenters. The maximum Gasteiger partial charge on any atom is 0.231 e. The number of ether oxygens (including phenoxy) is 1. The molecule has 0 spiro atoms. The third kappa shape index (κ3) is 2.10. The number of nitrogens with zero attached hydrogens (tertiary/aromatic N) is 4. The van der Waals surface area contributed by atoms with E-state index in [4.69, 9.17) is 4.74 Å². The molecule has 2 aromatic rings. The number of aromatic nitrogens is 4. The molecule has 0 aromatic carbocycles. The Kier molecular flexibility index (Phi) is 2.72. The van der Waals surface area contributed by atoms with Gasteiger partial charge in [-0.1, -0.05) is 0 Å². The standard InChI is InChI=1S/C10H13N5O/c1-7-6-8(14-15(7)2)12-10-11-5-4-9(13-10)16-3/h4-6H,1-3H3,(H,11,12,13,14). The lowest BCUT2D eigenvalue weighted by atomic mass is 10.4. The normalized spacial score (nSPS) is 10.2. The zero-order valence-corrected chi connectivity index (χ0v) is 9.43. The van der Waals surface area contributed by atoms with E-state index in [1.54, 1.807) is 24.1 Å². The molecule has 1 N–H and O–H groups in total. The van der Waals surface area contributed by atoms with Crippen LogP contribution in [-0.2, 0) is 7.05 Å². The molecule has 0 amide bonds. The van der Waals surface area contributed by atoms with Crippen LogP contribution in [0.25, 0.3) is 0 Å². The topological polar surface area (TPSA) is 64.9 Å². The average Bonchev–Trinajstić information content (AvgIpc) is 2.58. The second kappa shape index (κ2) is 4.18. The largest absolute Gasteiger partial charge is 0.481 e. The van der Waals surface area contributed by atoms with Crippen molar-refractivity contribution < 1.29 is 4.74 Å². The fourth-order valence-corrected chi connectivity index (χ4v) is 1.25. The van der Waals surface area contributed by atoms with Crippen LogP contribution in [-0.4, -0.2) is 26.9 Å². The molecule has 0 unspecified atom stereocenters. The monoisotopic (exact) mass is 219 g/mol. The predicted octanol–water partition coefficient (Wildman–Crippen LogP) is 1.27. The van der Waals surface area contributed by atoms with E-state index in [0.29, 0.717) is 17.6 Å². The molecule has 6 nitrogen and oxygen atoms in total. The Morgan fingerprint density at radius 3 is 2.88 bits per heavy atom. The van der Waals surface area contributed by atoms with Gasteiger partial charge in [-0.15, -0.1) is 0 Å². The lowest BCUT2D eigenvalue weighted by Gasteiger charge is -2.02. The number of rotatable bonds is 3. The van der Waals surface area contributed by atoms with E-state index in [9.17, 15) is 0 Å². The first-order valence-electron chi connectivity index (χ1n) is 4.84. The van der Waals surface area contributed by atoms with Gasteiger partial charge in [0.05, 0.1) is 7.11 Å². The van der Waals surface area contributed by atoms with E-state index in [1.807, 2.05) is 20.0 Å². The highest BCUT2D eigenvalue weighted by Crippen LogP contribution is 2.14. The minimum Gasteiger partial charge on any atom is -0.481 e. The number of hydrogen-bond acceptors (Lipinski definition) is 5. The summed E-state index contributed by atoms with van der Waals surface area (Å²) in [6, 6.07) is 3.61. The molecule has 16 heavy (non-hydrogen) atoms. The average molecular weight is 219 g/mol. The van der Waals surface area contributed by atoms with Crippen molar-refractivity contribution in [1.29, 1.82) is 0 Å². The molecule has 2 aromatic heterocycles. The van der Waals surface area contributed by atoms with Gasteiger partial charge in [0.15, 0.2) is 5.82 Å². The molecule has 0 aliphatic heterocycles. The summed E-state index contributed by atoms with van der Waals surface area (Å²) in [4.78, 5) is 8.20. The van der Waals surface area contributed by atoms with Crippen molar-refractivity contribution in [2.24, 2.45) is 7.05 Å². The van der Waals surface area contributed by atoms with Crippen molar-refractivity contribution in [3.63, 3.8) is 0 Å². The van der Waals surface area contributed by atoms with E-state index >= 15 is 0 Å². The molecular weight excluding hydrogens is 206 g/mol. The van der Waals surface area contributed by atoms with Gasteiger partial charge in [-0.2, -0.15) is 10.1 Å². The molecule has 0 saturated carbocycles. The molecule has 6 heteroatoms. The first kappa shape index (κ1) is 10.4. The van der Waals surface area contributed by atoms with E-state index in [1.165, 1.54) is 0 Å². The van der Waals surface area contributed by atoms with Gasteiger partial charge in [0.2, 0.25) is 11.8 Å². The molecule has 0 aliphatic carbocycles. The molecule has 0 aliphatic rings. The molecule has 84 valence electrons. The summed E-state index contributed by atoms with van der Waals surface area (Å²) in [5.74, 6) is 1.70. The van der Waals surface area contributed by atoms with Crippen molar-refractivity contribution in [3.05, 3.63) is 24.0 Å². The minimum absolute atomic E-state index is 0.470. The summed E-state index contributed by atoms with van der Waals surface area (Å²) in [5, 5.41) is 7.25. The van der Waals surface area contributed by atoms with E-state index in [2.05, 4.69) is 20.4 Å². The third-order valence-corrected chi connectivity index (χ3v) is 2.19. The summed E-state index contributed by atoms with van der Waals surface area (Å²) >= 11 is 0. The maximum atomic E-state index is 5.00. The predicted molar refractivity (Wildman–Crippen MR) is 59.8 cm³/mol. The highest BCUT2D eigenvalue weighted by molar-refractivity contribution is 5.48. The number of anilines is 2. The Hall–Kier alpha value is -2.11. The van der Waals surface area contributed by atoms with Crippen LogP contribution in [0.15, 0.2) is 18.3 Å². The summed E-state index contributed by atoms with van der Waals surface area (Å²) in [6.07, 6.45) is 1.63. The third-order valence-electron chi connectivity index (χ3n) is 2.19. The Morgan fingerprint density at radius 1 is 1.44 bits per heavy atom. The molecule has 0 radical (unpaired) electrons. The van der Waals surface area contributed by atoms with Gasteiger partial charge in [-0.25, -0.2) is 4.98 Å². The second-order valence-electron chi connectivity index (χ2n) is 3.34. The quantitative estimate of drug-likeness (QED) is 0.842. The van der Waals surface area contributed by atoms with Gasteiger partial charge in [0.25, 0.3) is 0 Å². The van der Waals surface area contributed by atoms with Gasteiger partial charge in [-0.05, 0) is 6.92 Å². The molecule has 0 saturated heterocycles. The van der Waals surface area contributed by atoms with Gasteiger partial charge in [-0.3, -0.25) is 4.68 Å². The summed E-state index contributed by atoms with van der Waals surface area (Å²) < 4.78 is 6.79. The molecule has 0 fully saturated rings. The second-order valence-corrected chi connectivity index (χ2v) is 3.34. The maximum absolute atomic E-state index is 5.00. The molecule has 2 rings (SSSR count). The minimum atomic E-state index is 0.470. The highest BCUT2D eigenvalue weighted by Gasteiger charge is 2.03. The lowest BCUT2D eigenvalue weighted by Crippen LogP contribution is -1.99. The summed E-state index contributed by atoms with van der Waals surface area (Å²) in [6.45, 7) is 1.98. The lowest BCUT2D eigenvalue weighted by molar-refractivity contribution is 0.397. The fraction of sp³-hybridized carbons (Fsp3) is 0.300. The smallest absolute Gasteiger partial charge is 0.231 e. The molecule has 0 bridgehead atoms. The fourth-order valence-electron chi connectivity index (χ4n) is 1.25. The Labute approximate surface area is 93.3 Å². The van der Waals surface area contributed by atoms with Crippen molar-refractivity contribution in [1.82, 2.24) is 19.7 Å². The number of aryl methyl sites for hydroxylation is 2. The van der Waals surface area contributed by atoms with E-state index < -0.39 is 0 Å². The number of hydrogen-bond donors (Lipinski definition) is 1. The van der Waals surface area contributed by atoms with Crippen LogP contribution in [0.1, 0.15) is 5.69 Å². The SMILES string of the molecule is COc1ccnc(Nc2cc(C)n(C)n2)n1. The van der Waals surface area contributed by atoms with Crippen molar-refractivity contribution >= 4 is 11.8 Å². The Balaban J connectivity index is 2.20. The van der Waals surface area contributed by atoms with Crippen LogP contribution in [0.3, 0.4) is 0 Å². The van der Waals surface area contributed by atoms with Crippen LogP contribution in [0, 0.1) is 6.92 Å². The van der Waals surface area contributed by atoms with Crippen molar-refractivity contribution in [2.75, 3.05) is 12.4 Å². The number of methoxy groups -OCH3 is 1. The van der Waals surface area contributed by atoms with Gasteiger partial charge in [0, 0.05) is 31.1 Å². The highest BCUT2D eigenvalue weighted by atomic mass is 16.5. The first-order chi connectivity index (χ1) is 7.69. The Morgan fingerprint density at radius 2 is 2.25 bits per heavy atom. The van der Waals surface area contributed by atoms with Crippen LogP contribution in [0.4, 0.5) is 11.8 Å².